The van der Waals surface area contributed by atoms with E-state index in [1.807, 2.05) is 17.8 Å². The summed E-state index contributed by atoms with van der Waals surface area (Å²) in [5.74, 6) is 0.990. The quantitative estimate of drug-likeness (QED) is 0.616. The van der Waals surface area contributed by atoms with E-state index in [0.29, 0.717) is 6.04 Å². The minimum absolute atomic E-state index is 0.391. The highest BCUT2D eigenvalue weighted by Crippen LogP contribution is 2.30. The molecule has 0 saturated carbocycles. The van der Waals surface area contributed by atoms with E-state index in [-0.39, 0.29) is 0 Å². The van der Waals surface area contributed by atoms with Crippen LogP contribution in [0, 0.1) is 0 Å². The van der Waals surface area contributed by atoms with Gasteiger partial charge in [-0.2, -0.15) is 5.10 Å². The summed E-state index contributed by atoms with van der Waals surface area (Å²) in [7, 11) is 0. The van der Waals surface area contributed by atoms with Gasteiger partial charge in [-0.1, -0.05) is 11.6 Å². The van der Waals surface area contributed by atoms with Crippen molar-refractivity contribution in [2.24, 2.45) is 4.99 Å². The molecule has 0 radical (unpaired) electrons. The van der Waals surface area contributed by atoms with Gasteiger partial charge in [0.2, 0.25) is 0 Å². The molecule has 1 fully saturated rings. The van der Waals surface area contributed by atoms with Gasteiger partial charge < -0.3 is 10.1 Å². The first-order valence-corrected chi connectivity index (χ1v) is 6.30. The maximum atomic E-state index is 6.04. The van der Waals surface area contributed by atoms with Crippen molar-refractivity contribution < 1.29 is 4.74 Å². The fraction of sp³-hybridized carbons (Fsp3) is 0.636. The first kappa shape index (κ1) is 11.0. The van der Waals surface area contributed by atoms with Crippen molar-refractivity contribution in [3.63, 3.8) is 0 Å². The van der Waals surface area contributed by atoms with Gasteiger partial charge in [-0.25, -0.2) is 9.67 Å². The highest BCUT2D eigenvalue weighted by Gasteiger charge is 2.25. The van der Waals surface area contributed by atoms with Crippen LogP contribution >= 0.6 is 11.6 Å². The van der Waals surface area contributed by atoms with Gasteiger partial charge in [-0.3, -0.25) is 0 Å². The number of hydrogen-bond acceptors (Lipinski definition) is 4. The van der Waals surface area contributed by atoms with Gasteiger partial charge in [0.05, 0.1) is 17.8 Å². The molecule has 0 amide bonds. The number of rotatable bonds is 1. The van der Waals surface area contributed by atoms with Gasteiger partial charge in [0.15, 0.2) is 5.62 Å². The van der Waals surface area contributed by atoms with Crippen LogP contribution in [0.2, 0.25) is 0 Å². The average molecular weight is 255 g/mol. The van der Waals surface area contributed by atoms with E-state index in [2.05, 4.69) is 15.4 Å². The number of hydrogen-bond donors (Lipinski definition) is 1. The molecule has 0 spiro atoms. The molecule has 2 aliphatic rings. The fourth-order valence-electron chi connectivity index (χ4n) is 2.36. The lowest BCUT2D eigenvalue weighted by Gasteiger charge is -2.26. The Morgan fingerprint density at radius 2 is 2.24 bits per heavy atom. The second-order valence-corrected chi connectivity index (χ2v) is 4.80. The van der Waals surface area contributed by atoms with E-state index in [1.165, 1.54) is 0 Å². The number of nitrogens with one attached hydrogen (secondary N) is 1. The highest BCUT2D eigenvalue weighted by molar-refractivity contribution is 6.23. The van der Waals surface area contributed by atoms with Crippen LogP contribution in [0.4, 0.5) is 5.82 Å². The molecule has 1 N–H and O–H groups in total. The van der Waals surface area contributed by atoms with Gasteiger partial charge in [-0.15, -0.1) is 0 Å². The number of halogens is 1. The molecule has 0 bridgehead atoms. The molecule has 1 unspecified atom stereocenters. The fourth-order valence-corrected chi connectivity index (χ4v) is 2.61. The van der Waals surface area contributed by atoms with Crippen molar-refractivity contribution in [3.05, 3.63) is 11.8 Å². The molecule has 0 aromatic carbocycles. The van der Waals surface area contributed by atoms with E-state index >= 15 is 0 Å². The first-order valence-electron chi connectivity index (χ1n) is 5.86. The lowest BCUT2D eigenvalue weighted by molar-refractivity contribution is 0.0668. The molecule has 5 nitrogen and oxygen atoms in total. The second-order valence-electron chi connectivity index (χ2n) is 4.39. The Balaban J connectivity index is 1.94. The summed E-state index contributed by atoms with van der Waals surface area (Å²) in [6.07, 6.45) is 3.86. The minimum atomic E-state index is -0.391. The molecule has 1 aromatic rings. The number of nitrogens with zero attached hydrogens (tertiary/aromatic N) is 3. The number of fused-ring (bicyclic) bond motifs is 1. The van der Waals surface area contributed by atoms with E-state index in [0.717, 1.165) is 43.1 Å². The molecule has 1 aromatic heterocycles. The summed E-state index contributed by atoms with van der Waals surface area (Å²) < 4.78 is 7.41. The van der Waals surface area contributed by atoms with Gasteiger partial charge >= 0.3 is 0 Å². The Bertz CT molecular complexity index is 450. The first-order chi connectivity index (χ1) is 8.25. The van der Waals surface area contributed by atoms with E-state index in [4.69, 9.17) is 16.3 Å². The van der Waals surface area contributed by atoms with Crippen LogP contribution in [0.3, 0.4) is 0 Å². The molecule has 2 aliphatic heterocycles. The monoisotopic (exact) mass is 254 g/mol. The number of aliphatic imine (C=N–C) groups is 1. The molecule has 17 heavy (non-hydrogen) atoms. The number of ether oxygens (including phenoxy) is 1. The lowest BCUT2D eigenvalue weighted by Crippen LogP contribution is -2.26. The largest absolute Gasteiger partial charge is 0.381 e. The standard InChI is InChI=1S/C11H15ClN4O/c1-7-9-6-13-16(8-2-4-17-5-3-8)10(9)15-11(12)14-7/h6,8,11,15H,2-5H2,1H3. The molecular formula is C11H15ClN4O. The average Bonchev–Trinajstić information content (AvgIpc) is 2.74. The van der Waals surface area contributed by atoms with Gasteiger partial charge in [-0.05, 0) is 19.8 Å². The molecule has 6 heteroatoms. The summed E-state index contributed by atoms with van der Waals surface area (Å²) in [5.41, 5.74) is 1.60. The summed E-state index contributed by atoms with van der Waals surface area (Å²) >= 11 is 6.04. The Morgan fingerprint density at radius 3 is 3.00 bits per heavy atom. The van der Waals surface area contributed by atoms with Crippen LogP contribution in [-0.4, -0.2) is 34.3 Å². The summed E-state index contributed by atoms with van der Waals surface area (Å²) in [4.78, 5) is 4.28. The Hall–Kier alpha value is -1.07. The normalized spacial score (nSPS) is 25.1. The molecule has 0 aliphatic carbocycles. The minimum Gasteiger partial charge on any atom is -0.381 e. The molecule has 3 heterocycles. The van der Waals surface area contributed by atoms with Crippen LogP contribution in [0.15, 0.2) is 11.2 Å². The summed E-state index contributed by atoms with van der Waals surface area (Å²) in [6.45, 7) is 3.57. The zero-order valence-electron chi connectivity index (χ0n) is 9.69. The van der Waals surface area contributed by atoms with Crippen molar-refractivity contribution >= 4 is 23.1 Å². The predicted octanol–water partition coefficient (Wildman–Crippen LogP) is 1.99. The van der Waals surface area contributed by atoms with E-state index in [1.54, 1.807) is 0 Å². The molecule has 3 rings (SSSR count). The Kier molecular flexibility index (Phi) is 2.80. The maximum absolute atomic E-state index is 6.04. The van der Waals surface area contributed by atoms with Crippen LogP contribution in [0.5, 0.6) is 0 Å². The van der Waals surface area contributed by atoms with Crippen molar-refractivity contribution in [3.8, 4) is 0 Å². The zero-order chi connectivity index (χ0) is 11.8. The number of aromatic nitrogens is 2. The maximum Gasteiger partial charge on any atom is 0.196 e. The van der Waals surface area contributed by atoms with Crippen molar-refractivity contribution in [1.29, 1.82) is 0 Å². The second kappa shape index (κ2) is 4.31. The van der Waals surface area contributed by atoms with E-state index in [9.17, 15) is 0 Å². The lowest BCUT2D eigenvalue weighted by atomic mass is 10.1. The number of alkyl halides is 1. The number of anilines is 1. The molecular weight excluding hydrogens is 240 g/mol. The summed E-state index contributed by atoms with van der Waals surface area (Å²) in [5, 5.41) is 7.64. The summed E-state index contributed by atoms with van der Waals surface area (Å²) in [6, 6.07) is 0.398. The Labute approximate surface area is 105 Å². The third-order valence-corrected chi connectivity index (χ3v) is 3.49. The SMILES string of the molecule is CC1=NC(Cl)Nc2c1cnn2C1CCOCC1. The van der Waals surface area contributed by atoms with Crippen LogP contribution in [0.1, 0.15) is 31.4 Å². The molecule has 1 atom stereocenters. The Morgan fingerprint density at radius 1 is 1.47 bits per heavy atom. The zero-order valence-corrected chi connectivity index (χ0v) is 10.4. The van der Waals surface area contributed by atoms with Gasteiger partial charge in [0, 0.05) is 18.9 Å². The third kappa shape index (κ3) is 1.93. The predicted molar refractivity (Wildman–Crippen MR) is 66.8 cm³/mol. The van der Waals surface area contributed by atoms with Crippen LogP contribution in [0.25, 0.3) is 0 Å². The van der Waals surface area contributed by atoms with Crippen molar-refractivity contribution in [2.75, 3.05) is 18.5 Å². The highest BCUT2D eigenvalue weighted by atomic mass is 35.5. The van der Waals surface area contributed by atoms with Gasteiger partial charge in [0.1, 0.15) is 5.82 Å². The van der Waals surface area contributed by atoms with Crippen LogP contribution in [-0.2, 0) is 4.74 Å². The smallest absolute Gasteiger partial charge is 0.196 e. The topological polar surface area (TPSA) is 51.4 Å². The molecule has 92 valence electrons. The van der Waals surface area contributed by atoms with Crippen molar-refractivity contribution in [2.45, 2.75) is 31.4 Å². The van der Waals surface area contributed by atoms with Gasteiger partial charge in [0.25, 0.3) is 0 Å². The van der Waals surface area contributed by atoms with Crippen molar-refractivity contribution in [1.82, 2.24) is 9.78 Å². The third-order valence-electron chi connectivity index (χ3n) is 3.28. The van der Waals surface area contributed by atoms with E-state index < -0.39 is 5.62 Å². The molecule has 1 saturated heterocycles. The van der Waals surface area contributed by atoms with Crippen LogP contribution < -0.4 is 5.32 Å².